The molecule has 0 unspecified atom stereocenters. The lowest BCUT2D eigenvalue weighted by atomic mass is 10.2. The van der Waals surface area contributed by atoms with Crippen LogP contribution >= 0.6 is 0 Å². The summed E-state index contributed by atoms with van der Waals surface area (Å²) >= 11 is 0. The van der Waals surface area contributed by atoms with Gasteiger partial charge < -0.3 is 19.6 Å². The first-order valence-electron chi connectivity index (χ1n) is 7.97. The van der Waals surface area contributed by atoms with Gasteiger partial charge >= 0.3 is 11.1 Å². The van der Waals surface area contributed by atoms with Crippen LogP contribution in [0.2, 0.25) is 0 Å². The summed E-state index contributed by atoms with van der Waals surface area (Å²) in [6, 6.07) is 0. The van der Waals surface area contributed by atoms with Crippen LogP contribution in [-0.4, -0.2) is 69.2 Å². The average Bonchev–Trinajstić information content (AvgIpc) is 2.56. The van der Waals surface area contributed by atoms with Gasteiger partial charge in [0.2, 0.25) is 5.91 Å². The Morgan fingerprint density at radius 2 is 2.00 bits per heavy atom. The van der Waals surface area contributed by atoms with E-state index in [1.54, 1.807) is 4.90 Å². The highest BCUT2D eigenvalue weighted by atomic mass is 16.3. The highest BCUT2D eigenvalue weighted by molar-refractivity contribution is 5.76. The van der Waals surface area contributed by atoms with Gasteiger partial charge in [-0.3, -0.25) is 19.3 Å². The number of aliphatic hydroxyl groups is 1. The number of hydrogen-bond donors (Lipinski definition) is 2. The quantitative estimate of drug-likeness (QED) is 0.643. The molecule has 0 spiro atoms. The predicted octanol–water partition coefficient (Wildman–Crippen LogP) is -1.16. The maximum absolute atomic E-state index is 12.2. The lowest BCUT2D eigenvalue weighted by molar-refractivity contribution is -0.133. The number of H-pyrrole nitrogens is 1. The predicted molar refractivity (Wildman–Crippen MR) is 85.3 cm³/mol. The third-order valence-electron chi connectivity index (χ3n) is 4.16. The first-order valence-corrected chi connectivity index (χ1v) is 7.97. The van der Waals surface area contributed by atoms with Crippen LogP contribution in [0.4, 0.5) is 0 Å². The average molecular weight is 324 g/mol. The van der Waals surface area contributed by atoms with Gasteiger partial charge in [0.15, 0.2) is 0 Å². The Morgan fingerprint density at radius 1 is 1.30 bits per heavy atom. The molecule has 1 amide bonds. The van der Waals surface area contributed by atoms with Gasteiger partial charge in [0.25, 0.3) is 0 Å². The number of β-amino-alcohol motifs (C(OH)–C–C–N with tert-alkyl or cyclic N) is 1. The van der Waals surface area contributed by atoms with E-state index in [1.807, 2.05) is 6.92 Å². The Hall–Kier alpha value is -1.93. The maximum Gasteiger partial charge on any atom is 0.316 e. The van der Waals surface area contributed by atoms with Crippen molar-refractivity contribution >= 4 is 5.91 Å². The first kappa shape index (κ1) is 17.4. The van der Waals surface area contributed by atoms with Gasteiger partial charge in [-0.25, -0.2) is 0 Å². The lowest BCUT2D eigenvalue weighted by Crippen LogP contribution is -2.50. The van der Waals surface area contributed by atoms with Crippen molar-refractivity contribution < 1.29 is 9.90 Å². The Bertz CT molecular complexity index is 631. The number of piperazine rings is 1. The van der Waals surface area contributed by atoms with Crippen molar-refractivity contribution in [2.24, 2.45) is 0 Å². The minimum atomic E-state index is -0.678. The Labute approximate surface area is 134 Å². The molecule has 0 aliphatic carbocycles. The van der Waals surface area contributed by atoms with Gasteiger partial charge in [0, 0.05) is 58.1 Å². The number of nitrogens with one attached hydrogen (secondary N) is 1. The molecule has 1 aromatic rings. The van der Waals surface area contributed by atoms with Crippen LogP contribution in [-0.2, 0) is 11.3 Å². The summed E-state index contributed by atoms with van der Waals surface area (Å²) in [7, 11) is 0. The Morgan fingerprint density at radius 3 is 2.65 bits per heavy atom. The molecule has 23 heavy (non-hydrogen) atoms. The second-order valence-corrected chi connectivity index (χ2v) is 5.78. The first-order chi connectivity index (χ1) is 11.0. The van der Waals surface area contributed by atoms with Gasteiger partial charge in [-0.1, -0.05) is 6.92 Å². The summed E-state index contributed by atoms with van der Waals surface area (Å²) in [6.45, 7) is 5.53. The summed E-state index contributed by atoms with van der Waals surface area (Å²) < 4.78 is 1.25. The van der Waals surface area contributed by atoms with E-state index in [0.29, 0.717) is 19.6 Å². The Balaban J connectivity index is 1.80. The summed E-state index contributed by atoms with van der Waals surface area (Å²) in [4.78, 5) is 41.3. The number of rotatable bonds is 6. The lowest BCUT2D eigenvalue weighted by Gasteiger charge is -2.35. The van der Waals surface area contributed by atoms with Crippen LogP contribution in [0.1, 0.15) is 19.8 Å². The van der Waals surface area contributed by atoms with Crippen LogP contribution < -0.4 is 11.1 Å². The minimum Gasteiger partial charge on any atom is -0.392 e. The number of aromatic nitrogens is 2. The molecule has 2 N–H and O–H groups in total. The molecule has 1 aliphatic heterocycles. The molecular weight excluding hydrogens is 300 g/mol. The molecule has 0 aromatic carbocycles. The number of hydrogen-bond acceptors (Lipinski definition) is 5. The van der Waals surface area contributed by atoms with E-state index in [-0.39, 0.29) is 25.0 Å². The number of amides is 1. The highest BCUT2D eigenvalue weighted by Gasteiger charge is 2.22. The molecule has 128 valence electrons. The normalized spacial score (nSPS) is 17.2. The van der Waals surface area contributed by atoms with Gasteiger partial charge in [0.1, 0.15) is 0 Å². The molecule has 1 aliphatic rings. The van der Waals surface area contributed by atoms with Crippen molar-refractivity contribution in [3.8, 4) is 0 Å². The standard InChI is InChI=1S/C15H24N4O4/c1-2-12(20)11-17-7-9-18(10-8-17)13(21)3-5-19-6-4-16-14(22)15(19)23/h4,6,12,20H,2-3,5,7-11H2,1H3,(H,16,22)/t12-/m0/s1. The van der Waals surface area contributed by atoms with E-state index in [2.05, 4.69) is 9.88 Å². The summed E-state index contributed by atoms with van der Waals surface area (Å²) in [5, 5.41) is 9.66. The van der Waals surface area contributed by atoms with Crippen molar-refractivity contribution in [3.63, 3.8) is 0 Å². The second-order valence-electron chi connectivity index (χ2n) is 5.78. The number of aliphatic hydroxyl groups excluding tert-OH is 1. The molecule has 1 fully saturated rings. The summed E-state index contributed by atoms with van der Waals surface area (Å²) in [6.07, 6.45) is 3.47. The summed E-state index contributed by atoms with van der Waals surface area (Å²) in [5.41, 5.74) is -1.32. The van der Waals surface area contributed by atoms with E-state index in [9.17, 15) is 19.5 Å². The fourth-order valence-electron chi connectivity index (χ4n) is 2.62. The molecule has 2 heterocycles. The molecule has 1 aromatic heterocycles. The van der Waals surface area contributed by atoms with Gasteiger partial charge in [-0.05, 0) is 6.42 Å². The maximum atomic E-state index is 12.2. The highest BCUT2D eigenvalue weighted by Crippen LogP contribution is 2.06. The summed E-state index contributed by atoms with van der Waals surface area (Å²) in [5.74, 6) is -0.0205. The smallest absolute Gasteiger partial charge is 0.316 e. The third kappa shape index (κ3) is 4.77. The van der Waals surface area contributed by atoms with Crippen LogP contribution in [0, 0.1) is 0 Å². The number of aromatic amines is 1. The molecule has 8 heteroatoms. The fourth-order valence-corrected chi connectivity index (χ4v) is 2.62. The zero-order chi connectivity index (χ0) is 16.8. The largest absolute Gasteiger partial charge is 0.392 e. The van der Waals surface area contributed by atoms with Crippen LogP contribution in [0.25, 0.3) is 0 Å². The fraction of sp³-hybridized carbons (Fsp3) is 0.667. The topological polar surface area (TPSA) is 98.6 Å². The molecule has 0 bridgehead atoms. The van der Waals surface area contributed by atoms with E-state index in [1.165, 1.54) is 17.0 Å². The van der Waals surface area contributed by atoms with E-state index >= 15 is 0 Å². The minimum absolute atomic E-state index is 0.0205. The number of carbonyl (C=O) groups is 1. The van der Waals surface area contributed by atoms with E-state index in [0.717, 1.165) is 19.5 Å². The SMILES string of the molecule is CC[C@H](O)CN1CCN(C(=O)CCn2cc[nH]c(=O)c2=O)CC1. The van der Waals surface area contributed by atoms with Gasteiger partial charge in [-0.15, -0.1) is 0 Å². The number of nitrogens with zero attached hydrogens (tertiary/aromatic N) is 3. The monoisotopic (exact) mass is 324 g/mol. The molecular formula is C15H24N4O4. The van der Waals surface area contributed by atoms with Crippen molar-refractivity contribution in [2.45, 2.75) is 32.4 Å². The van der Waals surface area contributed by atoms with Crippen molar-refractivity contribution in [2.75, 3.05) is 32.7 Å². The number of aryl methyl sites for hydroxylation is 1. The van der Waals surface area contributed by atoms with Gasteiger partial charge in [0.05, 0.1) is 6.10 Å². The van der Waals surface area contributed by atoms with Crippen LogP contribution in [0.3, 0.4) is 0 Å². The molecule has 8 nitrogen and oxygen atoms in total. The van der Waals surface area contributed by atoms with E-state index in [4.69, 9.17) is 0 Å². The van der Waals surface area contributed by atoms with Crippen LogP contribution in [0.15, 0.2) is 22.0 Å². The van der Waals surface area contributed by atoms with Crippen molar-refractivity contribution in [1.82, 2.24) is 19.4 Å². The van der Waals surface area contributed by atoms with Crippen molar-refractivity contribution in [3.05, 3.63) is 33.1 Å². The molecule has 1 saturated heterocycles. The third-order valence-corrected chi connectivity index (χ3v) is 4.16. The van der Waals surface area contributed by atoms with Crippen LogP contribution in [0.5, 0.6) is 0 Å². The number of carbonyl (C=O) groups excluding carboxylic acids is 1. The zero-order valence-electron chi connectivity index (χ0n) is 13.4. The van der Waals surface area contributed by atoms with Gasteiger partial charge in [-0.2, -0.15) is 0 Å². The second kappa shape index (κ2) is 8.07. The Kier molecular flexibility index (Phi) is 6.12. The zero-order valence-corrected chi connectivity index (χ0v) is 13.4. The van der Waals surface area contributed by atoms with Crippen molar-refractivity contribution in [1.29, 1.82) is 0 Å². The molecule has 1 atom stereocenters. The molecule has 0 saturated carbocycles. The molecule has 2 rings (SSSR count). The van der Waals surface area contributed by atoms with E-state index < -0.39 is 11.1 Å². The molecule has 0 radical (unpaired) electrons.